The van der Waals surface area contributed by atoms with Crippen molar-refractivity contribution in [1.82, 2.24) is 4.98 Å². The molecule has 2 amide bonds. The average Bonchev–Trinajstić information content (AvgIpc) is 3.15. The molecule has 0 unspecified atom stereocenters. The minimum absolute atomic E-state index is 0.265. The molecular weight excluding hydrogens is 415 g/mol. The molecule has 0 aliphatic heterocycles. The number of halogens is 3. The highest BCUT2D eigenvalue weighted by molar-refractivity contribution is 6.06. The van der Waals surface area contributed by atoms with Gasteiger partial charge in [0.1, 0.15) is 0 Å². The van der Waals surface area contributed by atoms with Crippen molar-refractivity contribution < 1.29 is 18.0 Å². The Morgan fingerprint density at radius 2 is 1.53 bits per heavy atom. The van der Waals surface area contributed by atoms with Crippen molar-refractivity contribution in [3.63, 3.8) is 0 Å². The summed E-state index contributed by atoms with van der Waals surface area (Å²) in [4.78, 5) is 15.5. The minimum atomic E-state index is -4.42. The number of aromatic amines is 1. The number of benzene rings is 3. The summed E-state index contributed by atoms with van der Waals surface area (Å²) in [6.45, 7) is 4.29. The number of carbonyl (C=O) groups is 1. The monoisotopic (exact) mass is 437 g/mol. The van der Waals surface area contributed by atoms with Crippen LogP contribution in [0.3, 0.4) is 0 Å². The van der Waals surface area contributed by atoms with Crippen molar-refractivity contribution >= 4 is 28.3 Å². The maximum Gasteiger partial charge on any atom is 0.416 e. The molecule has 1 heterocycles. The number of rotatable bonds is 4. The van der Waals surface area contributed by atoms with E-state index < -0.39 is 17.8 Å². The third-order valence-electron chi connectivity index (χ3n) is 5.31. The Morgan fingerprint density at radius 3 is 2.16 bits per heavy atom. The molecular formula is C25H22F3N3O. The van der Waals surface area contributed by atoms with E-state index in [4.69, 9.17) is 0 Å². The molecule has 0 aliphatic rings. The van der Waals surface area contributed by atoms with Gasteiger partial charge in [-0.05, 0) is 59.0 Å². The van der Waals surface area contributed by atoms with Crippen molar-refractivity contribution in [3.05, 3.63) is 84.1 Å². The number of nitrogens with one attached hydrogen (secondary N) is 3. The number of hydrogen-bond acceptors (Lipinski definition) is 1. The first-order valence-electron chi connectivity index (χ1n) is 10.2. The quantitative estimate of drug-likeness (QED) is 0.302. The number of H-pyrrole nitrogens is 1. The van der Waals surface area contributed by atoms with Crippen LogP contribution in [0.5, 0.6) is 0 Å². The van der Waals surface area contributed by atoms with Crippen LogP contribution in [0.15, 0.2) is 72.9 Å². The van der Waals surface area contributed by atoms with E-state index >= 15 is 0 Å². The Kier molecular flexibility index (Phi) is 5.65. The van der Waals surface area contributed by atoms with Crippen LogP contribution in [-0.4, -0.2) is 11.0 Å². The van der Waals surface area contributed by atoms with Gasteiger partial charge in [-0.15, -0.1) is 0 Å². The number of fused-ring (bicyclic) bond motifs is 1. The van der Waals surface area contributed by atoms with Gasteiger partial charge < -0.3 is 15.6 Å². The van der Waals surface area contributed by atoms with Crippen LogP contribution < -0.4 is 10.6 Å². The van der Waals surface area contributed by atoms with E-state index in [9.17, 15) is 18.0 Å². The second-order valence-electron chi connectivity index (χ2n) is 7.89. The van der Waals surface area contributed by atoms with E-state index in [0.717, 1.165) is 34.2 Å². The first-order valence-corrected chi connectivity index (χ1v) is 10.2. The molecule has 4 nitrogen and oxygen atoms in total. The molecule has 4 aromatic rings. The summed E-state index contributed by atoms with van der Waals surface area (Å²) in [6, 6.07) is 18.1. The van der Waals surface area contributed by atoms with Gasteiger partial charge in [0.2, 0.25) is 0 Å². The predicted octanol–water partition coefficient (Wildman–Crippen LogP) is 7.62. The zero-order valence-corrected chi connectivity index (χ0v) is 17.5. The molecule has 0 fully saturated rings. The zero-order chi connectivity index (χ0) is 22.9. The van der Waals surface area contributed by atoms with Crippen LogP contribution in [0.2, 0.25) is 0 Å². The maximum absolute atomic E-state index is 12.7. The molecule has 3 aromatic carbocycles. The van der Waals surface area contributed by atoms with Crippen molar-refractivity contribution in [2.24, 2.45) is 0 Å². The van der Waals surface area contributed by atoms with Gasteiger partial charge in [0.25, 0.3) is 0 Å². The maximum atomic E-state index is 12.7. The van der Waals surface area contributed by atoms with Gasteiger partial charge in [0, 0.05) is 22.8 Å². The summed E-state index contributed by atoms with van der Waals surface area (Å²) < 4.78 is 38.1. The first-order chi connectivity index (χ1) is 15.2. The van der Waals surface area contributed by atoms with Crippen molar-refractivity contribution in [3.8, 4) is 11.1 Å². The van der Waals surface area contributed by atoms with Crippen LogP contribution in [0, 0.1) is 0 Å². The molecule has 0 saturated heterocycles. The van der Waals surface area contributed by atoms with Gasteiger partial charge in [-0.2, -0.15) is 13.2 Å². The van der Waals surface area contributed by atoms with Crippen LogP contribution in [-0.2, 0) is 6.18 Å². The van der Waals surface area contributed by atoms with Gasteiger partial charge >= 0.3 is 12.2 Å². The number of amides is 2. The Balaban J connectivity index is 1.52. The first kappa shape index (κ1) is 21.5. The summed E-state index contributed by atoms with van der Waals surface area (Å²) in [5.74, 6) is 0.454. The Labute approximate surface area is 183 Å². The van der Waals surface area contributed by atoms with E-state index in [2.05, 4.69) is 53.7 Å². The minimum Gasteiger partial charge on any atom is -0.359 e. The second kappa shape index (κ2) is 8.42. The summed E-state index contributed by atoms with van der Waals surface area (Å²) >= 11 is 0. The molecule has 32 heavy (non-hydrogen) atoms. The third-order valence-corrected chi connectivity index (χ3v) is 5.31. The van der Waals surface area contributed by atoms with Gasteiger partial charge in [-0.1, -0.05) is 44.2 Å². The molecule has 0 bridgehead atoms. The number of urea groups is 1. The molecule has 0 aliphatic carbocycles. The van der Waals surface area contributed by atoms with Crippen LogP contribution >= 0.6 is 0 Å². The largest absolute Gasteiger partial charge is 0.416 e. The summed E-state index contributed by atoms with van der Waals surface area (Å²) in [5.41, 5.74) is 4.27. The molecule has 0 atom stereocenters. The summed E-state index contributed by atoms with van der Waals surface area (Å²) in [5, 5.41) is 6.14. The third kappa shape index (κ3) is 4.61. The SMILES string of the molecule is CC(C)c1ccc(-c2ccc3[nH]cc(NC(=O)Nc4ccc(C(F)(F)F)cc4)c3c2)cc1. The van der Waals surface area contributed by atoms with Gasteiger partial charge in [-0.3, -0.25) is 0 Å². The smallest absolute Gasteiger partial charge is 0.359 e. The Morgan fingerprint density at radius 1 is 0.875 bits per heavy atom. The molecule has 1 aromatic heterocycles. The molecule has 0 radical (unpaired) electrons. The predicted molar refractivity (Wildman–Crippen MR) is 122 cm³/mol. The van der Waals surface area contributed by atoms with Crippen molar-refractivity contribution in [1.29, 1.82) is 0 Å². The molecule has 4 rings (SSSR count). The number of aromatic nitrogens is 1. The van der Waals surface area contributed by atoms with Gasteiger partial charge in [-0.25, -0.2) is 4.79 Å². The highest BCUT2D eigenvalue weighted by Crippen LogP contribution is 2.31. The van der Waals surface area contributed by atoms with E-state index in [-0.39, 0.29) is 5.69 Å². The fraction of sp³-hybridized carbons (Fsp3) is 0.160. The van der Waals surface area contributed by atoms with Gasteiger partial charge in [0.15, 0.2) is 0 Å². The van der Waals surface area contributed by atoms with Crippen LogP contribution in [0.25, 0.3) is 22.0 Å². The Bertz CT molecular complexity index is 1240. The fourth-order valence-corrected chi connectivity index (χ4v) is 3.49. The van der Waals surface area contributed by atoms with E-state index in [1.807, 2.05) is 18.2 Å². The van der Waals surface area contributed by atoms with Crippen molar-refractivity contribution in [2.75, 3.05) is 10.6 Å². The zero-order valence-electron chi connectivity index (χ0n) is 17.5. The molecule has 7 heteroatoms. The second-order valence-corrected chi connectivity index (χ2v) is 7.89. The topological polar surface area (TPSA) is 56.9 Å². The summed E-state index contributed by atoms with van der Waals surface area (Å²) in [7, 11) is 0. The van der Waals surface area contributed by atoms with E-state index in [1.54, 1.807) is 6.20 Å². The molecule has 0 saturated carbocycles. The van der Waals surface area contributed by atoms with E-state index in [0.29, 0.717) is 11.6 Å². The van der Waals surface area contributed by atoms with Crippen LogP contribution in [0.1, 0.15) is 30.9 Å². The number of hydrogen-bond donors (Lipinski definition) is 3. The average molecular weight is 437 g/mol. The van der Waals surface area contributed by atoms with Crippen LogP contribution in [0.4, 0.5) is 29.3 Å². The fourth-order valence-electron chi connectivity index (χ4n) is 3.49. The highest BCUT2D eigenvalue weighted by Gasteiger charge is 2.30. The lowest BCUT2D eigenvalue weighted by Crippen LogP contribution is -2.19. The molecule has 164 valence electrons. The summed E-state index contributed by atoms with van der Waals surface area (Å²) in [6.07, 6.45) is -2.74. The molecule has 0 spiro atoms. The number of carbonyl (C=O) groups excluding carboxylic acids is 1. The number of anilines is 2. The van der Waals surface area contributed by atoms with Gasteiger partial charge in [0.05, 0.1) is 11.3 Å². The van der Waals surface area contributed by atoms with E-state index in [1.165, 1.54) is 17.7 Å². The lowest BCUT2D eigenvalue weighted by molar-refractivity contribution is -0.137. The molecule has 3 N–H and O–H groups in total. The van der Waals surface area contributed by atoms with Crippen molar-refractivity contribution in [2.45, 2.75) is 25.9 Å². The standard InChI is InChI=1S/C25H22F3N3O/c1-15(2)16-3-5-17(6-4-16)18-7-12-22-21(13-18)23(14-29-22)31-24(32)30-20-10-8-19(9-11-20)25(26,27)28/h3-15,29H,1-2H3,(H2,30,31,32). The lowest BCUT2D eigenvalue weighted by Gasteiger charge is -2.10. The highest BCUT2D eigenvalue weighted by atomic mass is 19.4. The lowest BCUT2D eigenvalue weighted by atomic mass is 9.98. The Hall–Kier alpha value is -3.74. The normalized spacial score (nSPS) is 11.7. The number of alkyl halides is 3.